The van der Waals surface area contributed by atoms with Crippen LogP contribution in [0.25, 0.3) is 0 Å². The van der Waals surface area contributed by atoms with E-state index in [1.807, 2.05) is 0 Å². The number of esters is 1. The largest absolute Gasteiger partial charge is 0.462 e. The summed E-state index contributed by atoms with van der Waals surface area (Å²) in [6, 6.07) is 9.58. The third kappa shape index (κ3) is 4.33. The van der Waals surface area contributed by atoms with E-state index in [0.717, 1.165) is 25.0 Å². The van der Waals surface area contributed by atoms with E-state index < -0.39 is 22.6 Å². The van der Waals surface area contributed by atoms with Crippen LogP contribution in [0.5, 0.6) is 0 Å². The van der Waals surface area contributed by atoms with Crippen LogP contribution in [0.3, 0.4) is 0 Å². The Balaban J connectivity index is 1.95. The van der Waals surface area contributed by atoms with Gasteiger partial charge in [0.15, 0.2) is 0 Å². The summed E-state index contributed by atoms with van der Waals surface area (Å²) in [6.45, 7) is 1.77. The fraction of sp³-hybridized carbons (Fsp3) is 0.300. The summed E-state index contributed by atoms with van der Waals surface area (Å²) in [4.78, 5) is 37.2. The number of non-ortho nitro benzene ring substituents is 1. The van der Waals surface area contributed by atoms with Gasteiger partial charge in [-0.05, 0) is 31.9 Å². The second-order valence-electron chi connectivity index (χ2n) is 6.50. The molecule has 0 radical (unpaired) electrons. The number of benzene rings is 2. The molecule has 1 fully saturated rings. The first kappa shape index (κ1) is 19.5. The number of nitro groups is 1. The zero-order chi connectivity index (χ0) is 20.3. The van der Waals surface area contributed by atoms with Crippen LogP contribution in [0, 0.1) is 15.9 Å². The number of amides is 1. The van der Waals surface area contributed by atoms with Crippen molar-refractivity contribution in [2.75, 3.05) is 6.61 Å². The number of hydrogen-bond acceptors (Lipinski definition) is 5. The molecule has 0 aromatic heterocycles. The molecule has 0 spiro atoms. The van der Waals surface area contributed by atoms with Crippen LogP contribution in [0.1, 0.15) is 46.0 Å². The van der Waals surface area contributed by atoms with Crippen LogP contribution in [-0.2, 0) is 11.3 Å². The molecule has 1 aliphatic rings. The molecule has 2 aromatic carbocycles. The van der Waals surface area contributed by atoms with E-state index in [1.165, 1.54) is 17.0 Å². The van der Waals surface area contributed by atoms with Crippen molar-refractivity contribution in [3.63, 3.8) is 0 Å². The maximum Gasteiger partial charge on any atom is 0.338 e. The van der Waals surface area contributed by atoms with Gasteiger partial charge in [0.05, 0.1) is 17.1 Å². The summed E-state index contributed by atoms with van der Waals surface area (Å²) in [7, 11) is 0. The lowest BCUT2D eigenvalue weighted by Gasteiger charge is -2.23. The molecule has 146 valence electrons. The van der Waals surface area contributed by atoms with E-state index in [2.05, 4.69) is 0 Å². The zero-order valence-corrected chi connectivity index (χ0v) is 15.3. The van der Waals surface area contributed by atoms with Gasteiger partial charge in [-0.3, -0.25) is 14.9 Å². The minimum Gasteiger partial charge on any atom is -0.462 e. The van der Waals surface area contributed by atoms with E-state index in [-0.39, 0.29) is 36.0 Å². The van der Waals surface area contributed by atoms with Crippen molar-refractivity contribution >= 4 is 17.6 Å². The number of hydrogen-bond donors (Lipinski definition) is 0. The Morgan fingerprint density at radius 3 is 2.50 bits per heavy atom. The summed E-state index contributed by atoms with van der Waals surface area (Å²) >= 11 is 0. The molecule has 2 aromatic rings. The topological polar surface area (TPSA) is 89.8 Å². The van der Waals surface area contributed by atoms with Gasteiger partial charge < -0.3 is 9.64 Å². The Morgan fingerprint density at radius 2 is 1.89 bits per heavy atom. The zero-order valence-electron chi connectivity index (χ0n) is 15.3. The summed E-state index contributed by atoms with van der Waals surface area (Å²) in [5, 5.41) is 11.2. The molecule has 0 heterocycles. The van der Waals surface area contributed by atoms with Crippen molar-refractivity contribution in [3.05, 3.63) is 75.1 Å². The van der Waals surface area contributed by atoms with Gasteiger partial charge in [0, 0.05) is 35.8 Å². The smallest absolute Gasteiger partial charge is 0.338 e. The molecule has 7 nitrogen and oxygen atoms in total. The van der Waals surface area contributed by atoms with Gasteiger partial charge in [-0.25, -0.2) is 9.18 Å². The Bertz CT molecular complexity index is 927. The predicted molar refractivity (Wildman–Crippen MR) is 98.3 cm³/mol. The van der Waals surface area contributed by atoms with Crippen LogP contribution in [-0.4, -0.2) is 34.3 Å². The number of carbonyl (C=O) groups excluding carboxylic acids is 2. The Labute approximate surface area is 160 Å². The lowest BCUT2D eigenvalue weighted by molar-refractivity contribution is -0.384. The first-order chi connectivity index (χ1) is 13.4. The quantitative estimate of drug-likeness (QED) is 0.411. The molecule has 0 aliphatic heterocycles. The highest BCUT2D eigenvalue weighted by molar-refractivity contribution is 5.99. The van der Waals surface area contributed by atoms with Crippen molar-refractivity contribution in [3.8, 4) is 0 Å². The molecule has 0 unspecified atom stereocenters. The van der Waals surface area contributed by atoms with Gasteiger partial charge in [0.2, 0.25) is 0 Å². The standard InChI is InChI=1S/C20H19FN2O5/c1-2-28-20(25)15-9-14(10-17(11-15)23(26)27)19(24)22(16-7-8-16)12-13-5-3-4-6-18(13)21/h3-6,9-11,16H,2,7-8,12H2,1H3. The Hall–Kier alpha value is -3.29. The average molecular weight is 386 g/mol. The van der Waals surface area contributed by atoms with Gasteiger partial charge in [-0.2, -0.15) is 0 Å². The fourth-order valence-corrected chi connectivity index (χ4v) is 2.90. The maximum absolute atomic E-state index is 14.0. The number of rotatable bonds is 7. The SMILES string of the molecule is CCOC(=O)c1cc(C(=O)N(Cc2ccccc2F)C2CC2)cc([N+](=O)[O-])c1. The lowest BCUT2D eigenvalue weighted by atomic mass is 10.1. The Morgan fingerprint density at radius 1 is 1.21 bits per heavy atom. The van der Waals surface area contributed by atoms with Gasteiger partial charge in [0.1, 0.15) is 5.82 Å². The first-order valence-corrected chi connectivity index (χ1v) is 8.91. The van der Waals surface area contributed by atoms with Crippen molar-refractivity contribution in [2.24, 2.45) is 0 Å². The third-order valence-corrected chi connectivity index (χ3v) is 4.43. The normalized spacial score (nSPS) is 13.1. The van der Waals surface area contributed by atoms with E-state index in [1.54, 1.807) is 25.1 Å². The first-order valence-electron chi connectivity index (χ1n) is 8.91. The summed E-state index contributed by atoms with van der Waals surface area (Å²) < 4.78 is 18.9. The van der Waals surface area contributed by atoms with Gasteiger partial charge in [-0.1, -0.05) is 18.2 Å². The van der Waals surface area contributed by atoms with Crippen molar-refractivity contribution < 1.29 is 23.6 Å². The minimum absolute atomic E-state index is 0.000456. The molecule has 0 saturated heterocycles. The van der Waals surface area contributed by atoms with Crippen molar-refractivity contribution in [1.82, 2.24) is 4.90 Å². The summed E-state index contributed by atoms with van der Waals surface area (Å²) in [5.74, 6) is -1.65. The van der Waals surface area contributed by atoms with Gasteiger partial charge in [-0.15, -0.1) is 0 Å². The second kappa shape index (κ2) is 8.16. The van der Waals surface area contributed by atoms with Gasteiger partial charge in [0.25, 0.3) is 11.6 Å². The van der Waals surface area contributed by atoms with E-state index in [9.17, 15) is 24.1 Å². The van der Waals surface area contributed by atoms with Crippen LogP contribution < -0.4 is 0 Å². The molecule has 1 saturated carbocycles. The van der Waals surface area contributed by atoms with Crippen LogP contribution in [0.15, 0.2) is 42.5 Å². The van der Waals surface area contributed by atoms with Crippen LogP contribution in [0.4, 0.5) is 10.1 Å². The molecule has 28 heavy (non-hydrogen) atoms. The van der Waals surface area contributed by atoms with Crippen molar-refractivity contribution in [1.29, 1.82) is 0 Å². The molecule has 3 rings (SSSR count). The molecular weight excluding hydrogens is 367 g/mol. The van der Waals surface area contributed by atoms with Crippen LogP contribution >= 0.6 is 0 Å². The third-order valence-electron chi connectivity index (χ3n) is 4.43. The second-order valence-corrected chi connectivity index (χ2v) is 6.50. The van der Waals surface area contributed by atoms with E-state index in [4.69, 9.17) is 4.74 Å². The Kier molecular flexibility index (Phi) is 5.67. The molecule has 0 bridgehead atoms. The molecule has 1 aliphatic carbocycles. The number of nitrogens with zero attached hydrogens (tertiary/aromatic N) is 2. The number of carbonyl (C=O) groups is 2. The number of ether oxygens (including phenoxy) is 1. The average Bonchev–Trinajstić information content (AvgIpc) is 3.51. The van der Waals surface area contributed by atoms with E-state index >= 15 is 0 Å². The lowest BCUT2D eigenvalue weighted by Crippen LogP contribution is -2.33. The van der Waals surface area contributed by atoms with Crippen LogP contribution in [0.2, 0.25) is 0 Å². The highest BCUT2D eigenvalue weighted by Gasteiger charge is 2.34. The fourth-order valence-electron chi connectivity index (χ4n) is 2.90. The monoisotopic (exact) mass is 386 g/mol. The number of halogens is 1. The highest BCUT2D eigenvalue weighted by atomic mass is 19.1. The highest BCUT2D eigenvalue weighted by Crippen LogP contribution is 2.31. The summed E-state index contributed by atoms with van der Waals surface area (Å²) in [6.07, 6.45) is 1.56. The molecular formula is C20H19FN2O5. The molecule has 0 N–H and O–H groups in total. The molecule has 1 amide bonds. The summed E-state index contributed by atoms with van der Waals surface area (Å²) in [5.41, 5.74) is -0.0872. The van der Waals surface area contributed by atoms with Gasteiger partial charge >= 0.3 is 5.97 Å². The maximum atomic E-state index is 14.0. The van der Waals surface area contributed by atoms with Crippen molar-refractivity contribution in [2.45, 2.75) is 32.4 Å². The minimum atomic E-state index is -0.743. The molecule has 8 heteroatoms. The molecule has 0 atom stereocenters. The van der Waals surface area contributed by atoms with E-state index in [0.29, 0.717) is 5.56 Å². The number of nitro benzene ring substituents is 1. The predicted octanol–water partition coefficient (Wildman–Crippen LogP) is 3.72.